The van der Waals surface area contributed by atoms with Crippen LogP contribution in [-0.2, 0) is 16.1 Å². The summed E-state index contributed by atoms with van der Waals surface area (Å²) < 4.78 is 7.59. The number of ether oxygens (including phenoxy) is 1. The van der Waals surface area contributed by atoms with E-state index in [1.54, 1.807) is 9.42 Å². The minimum atomic E-state index is -0.678. The molecule has 39 heavy (non-hydrogen) atoms. The van der Waals surface area contributed by atoms with Crippen LogP contribution in [0.5, 0.6) is 0 Å². The van der Waals surface area contributed by atoms with Crippen molar-refractivity contribution in [3.8, 4) is 0 Å². The van der Waals surface area contributed by atoms with Crippen molar-refractivity contribution in [1.29, 1.82) is 0 Å². The molecule has 1 N–H and O–H groups in total. The third kappa shape index (κ3) is 7.44. The number of hydrogen-bond donors (Lipinski definition) is 1. The fourth-order valence-corrected chi connectivity index (χ4v) is 4.21. The predicted octanol–water partition coefficient (Wildman–Crippen LogP) is 5.73. The van der Waals surface area contributed by atoms with Crippen molar-refractivity contribution in [3.63, 3.8) is 0 Å². The van der Waals surface area contributed by atoms with Gasteiger partial charge in [0.05, 0.1) is 12.7 Å². The van der Waals surface area contributed by atoms with Crippen molar-refractivity contribution < 1.29 is 14.3 Å². The molecule has 9 heteroatoms. The van der Waals surface area contributed by atoms with Gasteiger partial charge in [-0.15, -0.1) is 0 Å². The van der Waals surface area contributed by atoms with Crippen LogP contribution in [0.25, 0.3) is 5.65 Å². The maximum Gasteiger partial charge on any atom is 0.416 e. The van der Waals surface area contributed by atoms with Gasteiger partial charge in [-0.3, -0.25) is 9.69 Å². The topological polar surface area (TPSA) is 92.1 Å². The first-order valence-electron chi connectivity index (χ1n) is 13.5. The molecule has 1 saturated carbocycles. The van der Waals surface area contributed by atoms with E-state index in [9.17, 15) is 9.59 Å². The molecule has 0 spiro atoms. The fraction of sp³-hybridized carbons (Fsp3) is 0.467. The number of benzene rings is 1. The molecule has 0 radical (unpaired) electrons. The highest BCUT2D eigenvalue weighted by Gasteiger charge is 2.31. The van der Waals surface area contributed by atoms with Gasteiger partial charge in [0.1, 0.15) is 11.4 Å². The molecule has 0 bridgehead atoms. The highest BCUT2D eigenvalue weighted by molar-refractivity contribution is 5.99. The second kappa shape index (κ2) is 11.6. The van der Waals surface area contributed by atoms with E-state index in [2.05, 4.69) is 24.3 Å². The van der Waals surface area contributed by atoms with Crippen LogP contribution in [0.4, 0.5) is 16.3 Å². The second-order valence-corrected chi connectivity index (χ2v) is 11.7. The fourth-order valence-electron chi connectivity index (χ4n) is 4.21. The van der Waals surface area contributed by atoms with Crippen LogP contribution in [0.2, 0.25) is 0 Å². The van der Waals surface area contributed by atoms with Gasteiger partial charge in [0, 0.05) is 41.5 Å². The van der Waals surface area contributed by atoms with Crippen LogP contribution < -0.4 is 10.2 Å². The number of carbonyl (C=O) groups excluding carboxylic acids is 2. The number of likely N-dealkylation sites (N-methyl/N-ethyl adjacent to an activating group) is 1. The lowest BCUT2D eigenvalue weighted by atomic mass is 10.1. The first-order chi connectivity index (χ1) is 18.4. The summed E-state index contributed by atoms with van der Waals surface area (Å²) in [6.45, 7) is 10.7. The Bertz CT molecular complexity index is 1360. The number of amides is 2. The molecule has 9 nitrogen and oxygen atoms in total. The number of fused-ring (bicyclic) bond motifs is 1. The normalized spacial score (nSPS) is 14.0. The summed E-state index contributed by atoms with van der Waals surface area (Å²) in [4.78, 5) is 34.6. The molecule has 3 aromatic rings. The molecule has 1 aliphatic rings. The summed E-state index contributed by atoms with van der Waals surface area (Å²) in [7, 11) is 3.89. The number of nitrogens with one attached hydrogen (secondary N) is 1. The lowest BCUT2D eigenvalue weighted by molar-refractivity contribution is -0.111. The summed E-state index contributed by atoms with van der Waals surface area (Å²) in [5.41, 5.74) is 3.58. The van der Waals surface area contributed by atoms with E-state index in [1.807, 2.05) is 82.4 Å². The largest absolute Gasteiger partial charge is 0.443 e. The zero-order valence-electron chi connectivity index (χ0n) is 24.1. The Morgan fingerprint density at radius 3 is 2.59 bits per heavy atom. The average Bonchev–Trinajstić information content (AvgIpc) is 3.59. The predicted molar refractivity (Wildman–Crippen MR) is 154 cm³/mol. The van der Waals surface area contributed by atoms with E-state index in [-0.39, 0.29) is 18.4 Å². The first kappa shape index (κ1) is 28.3. The van der Waals surface area contributed by atoms with E-state index in [0.29, 0.717) is 24.0 Å². The number of aromatic nitrogens is 3. The van der Waals surface area contributed by atoms with Gasteiger partial charge in [0.25, 0.3) is 0 Å². The second-order valence-electron chi connectivity index (χ2n) is 11.7. The summed E-state index contributed by atoms with van der Waals surface area (Å²) in [6, 6.07) is 9.46. The Morgan fingerprint density at radius 1 is 1.21 bits per heavy atom. The quantitative estimate of drug-likeness (QED) is 0.354. The minimum Gasteiger partial charge on any atom is -0.443 e. The third-order valence-corrected chi connectivity index (χ3v) is 6.28. The molecule has 1 aliphatic carbocycles. The molecule has 2 amide bonds. The first-order valence-corrected chi connectivity index (χ1v) is 13.5. The van der Waals surface area contributed by atoms with E-state index in [4.69, 9.17) is 9.72 Å². The molecular formula is C30H40N6O3. The number of rotatable bonds is 9. The Kier molecular flexibility index (Phi) is 8.39. The summed E-state index contributed by atoms with van der Waals surface area (Å²) in [6.07, 6.45) is 6.87. The standard InChI is InChI=1S/C30H40N6O3/c1-20(2)24-18-31-36-27(17-25(22-13-14-22)33-28(24)36)35(29(38)39-30(3,4)5)19-21-10-8-11-23(16-21)32-26(37)12-9-15-34(6)7/h8-12,16-18,20,22H,13-15,19H2,1-7H3,(H,32,37). The highest BCUT2D eigenvalue weighted by atomic mass is 16.6. The van der Waals surface area contributed by atoms with Crippen molar-refractivity contribution in [2.75, 3.05) is 30.9 Å². The molecule has 208 valence electrons. The third-order valence-electron chi connectivity index (χ3n) is 6.28. The number of nitrogens with zero attached hydrogens (tertiary/aromatic N) is 5. The van der Waals surface area contributed by atoms with Crippen molar-refractivity contribution in [1.82, 2.24) is 19.5 Å². The maximum atomic E-state index is 13.6. The zero-order valence-corrected chi connectivity index (χ0v) is 24.1. The Labute approximate surface area is 230 Å². The van der Waals surface area contributed by atoms with Gasteiger partial charge in [-0.2, -0.15) is 9.61 Å². The maximum absolute atomic E-state index is 13.6. The number of hydrogen-bond acceptors (Lipinski definition) is 6. The van der Waals surface area contributed by atoms with Crippen molar-refractivity contribution in [2.24, 2.45) is 0 Å². The van der Waals surface area contributed by atoms with Crippen LogP contribution in [0.15, 0.2) is 48.7 Å². The highest BCUT2D eigenvalue weighted by Crippen LogP contribution is 2.41. The molecule has 2 heterocycles. The summed E-state index contributed by atoms with van der Waals surface area (Å²) in [5.74, 6) is 1.03. The lowest BCUT2D eigenvalue weighted by Gasteiger charge is -2.28. The van der Waals surface area contributed by atoms with Crippen LogP contribution in [0.3, 0.4) is 0 Å². The van der Waals surface area contributed by atoms with Crippen molar-refractivity contribution >= 4 is 29.2 Å². The number of anilines is 2. The van der Waals surface area contributed by atoms with Crippen molar-refractivity contribution in [3.05, 3.63) is 65.5 Å². The smallest absolute Gasteiger partial charge is 0.416 e. The van der Waals surface area contributed by atoms with Crippen LogP contribution >= 0.6 is 0 Å². The van der Waals surface area contributed by atoms with Gasteiger partial charge in [0.15, 0.2) is 5.65 Å². The van der Waals surface area contributed by atoms with Gasteiger partial charge in [0.2, 0.25) is 5.91 Å². The Balaban J connectivity index is 1.70. The molecule has 1 aromatic carbocycles. The van der Waals surface area contributed by atoms with Gasteiger partial charge in [-0.25, -0.2) is 9.78 Å². The molecule has 0 saturated heterocycles. The van der Waals surface area contributed by atoms with Crippen molar-refractivity contribution in [2.45, 2.75) is 71.4 Å². The Morgan fingerprint density at radius 2 is 1.95 bits per heavy atom. The van der Waals surface area contributed by atoms with E-state index in [1.165, 1.54) is 6.08 Å². The zero-order chi connectivity index (χ0) is 28.3. The Hall–Kier alpha value is -3.72. The lowest BCUT2D eigenvalue weighted by Crippen LogP contribution is -2.37. The van der Waals surface area contributed by atoms with Gasteiger partial charge in [-0.1, -0.05) is 32.1 Å². The molecule has 0 atom stereocenters. The molecule has 2 aromatic heterocycles. The summed E-state index contributed by atoms with van der Waals surface area (Å²) >= 11 is 0. The molecule has 0 aliphatic heterocycles. The van der Waals surface area contributed by atoms with Crippen LogP contribution in [-0.4, -0.2) is 57.7 Å². The van der Waals surface area contributed by atoms with Gasteiger partial charge < -0.3 is 15.0 Å². The minimum absolute atomic E-state index is 0.208. The van der Waals surface area contributed by atoms with Crippen LogP contribution in [0.1, 0.15) is 76.1 Å². The van der Waals surface area contributed by atoms with Gasteiger partial charge in [-0.05, 0) is 71.3 Å². The van der Waals surface area contributed by atoms with E-state index >= 15 is 0 Å². The van der Waals surface area contributed by atoms with E-state index in [0.717, 1.165) is 35.3 Å². The van der Waals surface area contributed by atoms with E-state index < -0.39 is 11.7 Å². The molecule has 0 unspecified atom stereocenters. The number of carbonyl (C=O) groups is 2. The monoisotopic (exact) mass is 532 g/mol. The molecular weight excluding hydrogens is 492 g/mol. The van der Waals surface area contributed by atoms with Crippen LogP contribution in [0, 0.1) is 0 Å². The molecule has 4 rings (SSSR count). The SMILES string of the molecule is CC(C)c1cnn2c(N(Cc3cccc(NC(=O)C=CCN(C)C)c3)C(=O)OC(C)(C)C)cc(C3CC3)nc12. The van der Waals surface area contributed by atoms with Gasteiger partial charge >= 0.3 is 6.09 Å². The average molecular weight is 533 g/mol. The molecule has 1 fully saturated rings. The summed E-state index contributed by atoms with van der Waals surface area (Å²) in [5, 5.41) is 7.54.